The van der Waals surface area contributed by atoms with Crippen molar-refractivity contribution in [3.63, 3.8) is 0 Å². The molecule has 0 saturated carbocycles. The van der Waals surface area contributed by atoms with Gasteiger partial charge in [0.2, 0.25) is 5.91 Å². The van der Waals surface area contributed by atoms with Gasteiger partial charge < -0.3 is 15.1 Å². The Balaban J connectivity index is 1.47. The number of nitrogens with zero attached hydrogens (tertiary/aromatic N) is 2. The van der Waals surface area contributed by atoms with Gasteiger partial charge in [0.05, 0.1) is 5.69 Å². The third kappa shape index (κ3) is 5.59. The van der Waals surface area contributed by atoms with E-state index in [0.29, 0.717) is 19.5 Å². The smallest absolute Gasteiger partial charge is 0.253 e. The zero-order valence-corrected chi connectivity index (χ0v) is 17.1. The predicted molar refractivity (Wildman–Crippen MR) is 115 cm³/mol. The molecule has 5 nitrogen and oxygen atoms in total. The fourth-order valence-corrected chi connectivity index (χ4v) is 3.93. The van der Waals surface area contributed by atoms with Crippen molar-refractivity contribution in [2.45, 2.75) is 17.7 Å². The molecular formula is C22H27N3O2S. The van der Waals surface area contributed by atoms with E-state index in [-0.39, 0.29) is 11.8 Å². The molecule has 1 saturated heterocycles. The lowest BCUT2D eigenvalue weighted by Gasteiger charge is -2.22. The van der Waals surface area contributed by atoms with E-state index in [4.69, 9.17) is 0 Å². The number of hydrogen-bond donors (Lipinski definition) is 1. The molecule has 1 fully saturated rings. The van der Waals surface area contributed by atoms with Gasteiger partial charge in [-0.05, 0) is 43.5 Å². The second-order valence-corrected chi connectivity index (χ2v) is 7.70. The molecule has 0 aromatic heterocycles. The van der Waals surface area contributed by atoms with Gasteiger partial charge in [0.25, 0.3) is 5.91 Å². The summed E-state index contributed by atoms with van der Waals surface area (Å²) in [7, 11) is 0. The van der Waals surface area contributed by atoms with Crippen LogP contribution in [0, 0.1) is 0 Å². The maximum atomic E-state index is 12.6. The molecule has 0 aliphatic carbocycles. The maximum Gasteiger partial charge on any atom is 0.253 e. The SMILES string of the molecule is CSc1ccccc1NC(=O)CCN1CCCN(C(=O)c2ccccc2)CC1. The lowest BCUT2D eigenvalue weighted by Crippen LogP contribution is -2.36. The number of para-hydroxylation sites is 1. The molecule has 0 radical (unpaired) electrons. The molecule has 0 unspecified atom stereocenters. The van der Waals surface area contributed by atoms with Crippen LogP contribution in [0.25, 0.3) is 0 Å². The fraction of sp³-hybridized carbons (Fsp3) is 0.364. The molecule has 28 heavy (non-hydrogen) atoms. The molecule has 1 aliphatic rings. The van der Waals surface area contributed by atoms with Crippen LogP contribution in [0.4, 0.5) is 5.69 Å². The van der Waals surface area contributed by atoms with Crippen molar-refractivity contribution in [1.29, 1.82) is 0 Å². The molecule has 148 valence electrons. The minimum atomic E-state index is 0.0305. The average Bonchev–Trinajstić information content (AvgIpc) is 2.98. The van der Waals surface area contributed by atoms with Crippen molar-refractivity contribution in [1.82, 2.24) is 9.80 Å². The largest absolute Gasteiger partial charge is 0.337 e. The van der Waals surface area contributed by atoms with Crippen molar-refractivity contribution in [3.05, 3.63) is 60.2 Å². The topological polar surface area (TPSA) is 52.7 Å². The molecule has 1 aliphatic heterocycles. The summed E-state index contributed by atoms with van der Waals surface area (Å²) < 4.78 is 0. The quantitative estimate of drug-likeness (QED) is 0.757. The van der Waals surface area contributed by atoms with Gasteiger partial charge in [-0.2, -0.15) is 0 Å². The standard InChI is InChI=1S/C22H27N3O2S/c1-28-20-11-6-5-10-19(20)23-21(26)12-15-24-13-7-14-25(17-16-24)22(27)18-8-3-2-4-9-18/h2-6,8-11H,7,12-17H2,1H3,(H,23,26). The van der Waals surface area contributed by atoms with Gasteiger partial charge in [-0.25, -0.2) is 0 Å². The first-order valence-electron chi connectivity index (χ1n) is 9.67. The number of nitrogens with one attached hydrogen (secondary N) is 1. The molecule has 3 rings (SSSR count). The summed E-state index contributed by atoms with van der Waals surface area (Å²) in [5, 5.41) is 3.01. The third-order valence-electron chi connectivity index (χ3n) is 4.93. The van der Waals surface area contributed by atoms with Gasteiger partial charge in [-0.3, -0.25) is 9.59 Å². The Bertz CT molecular complexity index is 797. The molecule has 2 aromatic rings. The molecule has 1 heterocycles. The Labute approximate surface area is 171 Å². The second kappa shape index (κ2) is 10.3. The molecule has 1 N–H and O–H groups in total. The highest BCUT2D eigenvalue weighted by Crippen LogP contribution is 2.24. The predicted octanol–water partition coefficient (Wildman–Crippen LogP) is 3.59. The summed E-state index contributed by atoms with van der Waals surface area (Å²) in [6.07, 6.45) is 3.38. The Morgan fingerprint density at radius 1 is 0.964 bits per heavy atom. The van der Waals surface area contributed by atoms with Gasteiger partial charge >= 0.3 is 0 Å². The Morgan fingerprint density at radius 2 is 1.71 bits per heavy atom. The van der Waals surface area contributed by atoms with E-state index in [9.17, 15) is 9.59 Å². The number of carbonyl (C=O) groups excluding carboxylic acids is 2. The third-order valence-corrected chi connectivity index (χ3v) is 5.73. The van der Waals surface area contributed by atoms with Crippen LogP contribution < -0.4 is 5.32 Å². The molecule has 0 bridgehead atoms. The summed E-state index contributed by atoms with van der Waals surface area (Å²) >= 11 is 1.62. The van der Waals surface area contributed by atoms with Crippen molar-refractivity contribution in [3.8, 4) is 0 Å². The average molecular weight is 398 g/mol. The molecule has 2 aromatic carbocycles. The van der Waals surface area contributed by atoms with E-state index in [1.807, 2.05) is 65.8 Å². The monoisotopic (exact) mass is 397 g/mol. The number of anilines is 1. The van der Waals surface area contributed by atoms with Crippen LogP contribution in [-0.2, 0) is 4.79 Å². The van der Waals surface area contributed by atoms with Gasteiger partial charge in [0, 0.05) is 43.1 Å². The van der Waals surface area contributed by atoms with Crippen LogP contribution in [0.1, 0.15) is 23.2 Å². The van der Waals surface area contributed by atoms with Crippen LogP contribution in [-0.4, -0.2) is 60.6 Å². The summed E-state index contributed by atoms with van der Waals surface area (Å²) in [4.78, 5) is 30.3. The van der Waals surface area contributed by atoms with Crippen molar-refractivity contribution >= 4 is 29.3 Å². The van der Waals surface area contributed by atoms with Crippen molar-refractivity contribution < 1.29 is 9.59 Å². The van der Waals surface area contributed by atoms with Gasteiger partial charge in [0.1, 0.15) is 0 Å². The number of benzene rings is 2. The van der Waals surface area contributed by atoms with Crippen LogP contribution in [0.2, 0.25) is 0 Å². The minimum absolute atomic E-state index is 0.0305. The van der Waals surface area contributed by atoms with Crippen molar-refractivity contribution in [2.24, 2.45) is 0 Å². The number of hydrogen-bond acceptors (Lipinski definition) is 4. The first-order valence-corrected chi connectivity index (χ1v) is 10.9. The van der Waals surface area contributed by atoms with Gasteiger partial charge in [0.15, 0.2) is 0 Å². The van der Waals surface area contributed by atoms with Crippen LogP contribution in [0.3, 0.4) is 0 Å². The summed E-state index contributed by atoms with van der Waals surface area (Å²) in [6.45, 7) is 3.88. The van der Waals surface area contributed by atoms with Gasteiger partial charge in [-0.1, -0.05) is 30.3 Å². The zero-order chi connectivity index (χ0) is 19.8. The fourth-order valence-electron chi connectivity index (χ4n) is 3.38. The second-order valence-electron chi connectivity index (χ2n) is 6.85. The normalized spacial score (nSPS) is 15.1. The van der Waals surface area contributed by atoms with E-state index in [0.717, 1.165) is 42.2 Å². The summed E-state index contributed by atoms with van der Waals surface area (Å²) in [6, 6.07) is 17.3. The van der Waals surface area contributed by atoms with E-state index >= 15 is 0 Å². The molecule has 2 amide bonds. The van der Waals surface area contributed by atoms with E-state index in [2.05, 4.69) is 10.2 Å². The van der Waals surface area contributed by atoms with Gasteiger partial charge in [-0.15, -0.1) is 11.8 Å². The Hall–Kier alpha value is -2.31. The van der Waals surface area contributed by atoms with E-state index in [1.165, 1.54) is 0 Å². The zero-order valence-electron chi connectivity index (χ0n) is 16.3. The van der Waals surface area contributed by atoms with Crippen LogP contribution in [0.5, 0.6) is 0 Å². The summed E-state index contributed by atoms with van der Waals surface area (Å²) in [5.74, 6) is 0.122. The lowest BCUT2D eigenvalue weighted by molar-refractivity contribution is -0.116. The Kier molecular flexibility index (Phi) is 7.51. The lowest BCUT2D eigenvalue weighted by atomic mass is 10.2. The minimum Gasteiger partial charge on any atom is -0.337 e. The van der Waals surface area contributed by atoms with E-state index in [1.54, 1.807) is 11.8 Å². The first-order chi connectivity index (χ1) is 13.7. The van der Waals surface area contributed by atoms with E-state index < -0.39 is 0 Å². The Morgan fingerprint density at radius 3 is 2.50 bits per heavy atom. The highest BCUT2D eigenvalue weighted by atomic mass is 32.2. The molecule has 0 spiro atoms. The number of carbonyl (C=O) groups is 2. The first kappa shape index (κ1) is 20.4. The molecule has 6 heteroatoms. The molecule has 0 atom stereocenters. The molecular weight excluding hydrogens is 370 g/mol. The number of rotatable bonds is 6. The maximum absolute atomic E-state index is 12.6. The number of thioether (sulfide) groups is 1. The summed E-state index contributed by atoms with van der Waals surface area (Å²) in [5.41, 5.74) is 1.61. The van der Waals surface area contributed by atoms with Crippen LogP contribution >= 0.6 is 11.8 Å². The van der Waals surface area contributed by atoms with Crippen molar-refractivity contribution in [2.75, 3.05) is 44.3 Å². The highest BCUT2D eigenvalue weighted by Gasteiger charge is 2.20. The highest BCUT2D eigenvalue weighted by molar-refractivity contribution is 7.98. The van der Waals surface area contributed by atoms with Crippen LogP contribution in [0.15, 0.2) is 59.5 Å². The number of amides is 2.